The van der Waals surface area contributed by atoms with E-state index in [1.807, 2.05) is 44.2 Å². The number of nitrogens with one attached hydrogen (secondary N) is 1. The van der Waals surface area contributed by atoms with Crippen molar-refractivity contribution in [2.45, 2.75) is 32.4 Å². The van der Waals surface area contributed by atoms with Crippen molar-refractivity contribution >= 4 is 11.8 Å². The lowest BCUT2D eigenvalue weighted by atomic mass is 10.1. The van der Waals surface area contributed by atoms with Crippen molar-refractivity contribution in [2.24, 2.45) is 0 Å². The third kappa shape index (κ3) is 4.29. The second-order valence-electron chi connectivity index (χ2n) is 5.41. The molecule has 1 aromatic rings. The smallest absolute Gasteiger partial charge is 0.249 e. The Kier molecular flexibility index (Phi) is 5.33. The molecule has 21 heavy (non-hydrogen) atoms. The number of hydrogen-bond acceptors (Lipinski definition) is 3. The summed E-state index contributed by atoms with van der Waals surface area (Å²) < 4.78 is 5.50. The molecule has 114 valence electrons. The van der Waals surface area contributed by atoms with Gasteiger partial charge >= 0.3 is 0 Å². The Bertz CT molecular complexity index is 488. The van der Waals surface area contributed by atoms with Gasteiger partial charge in [-0.3, -0.25) is 9.59 Å². The predicted octanol–water partition coefficient (Wildman–Crippen LogP) is 1.50. The topological polar surface area (TPSA) is 58.6 Å². The van der Waals surface area contributed by atoms with Gasteiger partial charge in [0.1, 0.15) is 6.04 Å². The molecule has 1 N–H and O–H groups in total. The number of amides is 2. The van der Waals surface area contributed by atoms with Crippen molar-refractivity contribution in [3.8, 4) is 0 Å². The highest BCUT2D eigenvalue weighted by atomic mass is 16.5. The van der Waals surface area contributed by atoms with E-state index in [9.17, 15) is 9.59 Å². The fraction of sp³-hybridized carbons (Fsp3) is 0.500. The molecule has 1 aliphatic heterocycles. The van der Waals surface area contributed by atoms with Crippen LogP contribution in [0.15, 0.2) is 30.3 Å². The van der Waals surface area contributed by atoms with Crippen molar-refractivity contribution < 1.29 is 14.3 Å². The molecule has 2 amide bonds. The van der Waals surface area contributed by atoms with Crippen LogP contribution < -0.4 is 5.32 Å². The average Bonchev–Trinajstić information content (AvgIpc) is 2.61. The van der Waals surface area contributed by atoms with E-state index in [1.165, 1.54) is 0 Å². The van der Waals surface area contributed by atoms with E-state index in [-0.39, 0.29) is 17.9 Å². The molecular formula is C16H22N2O3. The van der Waals surface area contributed by atoms with E-state index >= 15 is 0 Å². The minimum Gasteiger partial charge on any atom is -0.377 e. The van der Waals surface area contributed by atoms with Crippen LogP contribution in [0.4, 0.5) is 0 Å². The van der Waals surface area contributed by atoms with Crippen LogP contribution in [0.25, 0.3) is 0 Å². The maximum Gasteiger partial charge on any atom is 0.249 e. The molecule has 0 radical (unpaired) electrons. The molecule has 5 heteroatoms. The first-order chi connectivity index (χ1) is 10.1. The SMILES string of the molecule is CC(C)OCCN1CCC(=O)NC(c2ccccc2)C1=O. The van der Waals surface area contributed by atoms with Crippen LogP contribution in [0.5, 0.6) is 0 Å². The van der Waals surface area contributed by atoms with Crippen LogP contribution in [-0.4, -0.2) is 42.5 Å². The van der Waals surface area contributed by atoms with Crippen LogP contribution in [0, 0.1) is 0 Å². The number of rotatable bonds is 5. The van der Waals surface area contributed by atoms with Gasteiger partial charge in [0.05, 0.1) is 12.7 Å². The quantitative estimate of drug-likeness (QED) is 0.894. The highest BCUT2D eigenvalue weighted by molar-refractivity contribution is 5.90. The first-order valence-electron chi connectivity index (χ1n) is 7.32. The largest absolute Gasteiger partial charge is 0.377 e. The molecule has 0 bridgehead atoms. The Morgan fingerprint density at radius 2 is 2.00 bits per heavy atom. The molecule has 1 aliphatic rings. The third-order valence-electron chi connectivity index (χ3n) is 3.42. The van der Waals surface area contributed by atoms with Gasteiger partial charge in [0.2, 0.25) is 11.8 Å². The third-order valence-corrected chi connectivity index (χ3v) is 3.42. The van der Waals surface area contributed by atoms with Crippen molar-refractivity contribution in [2.75, 3.05) is 19.7 Å². The van der Waals surface area contributed by atoms with Crippen LogP contribution >= 0.6 is 0 Å². The molecule has 1 fully saturated rings. The van der Waals surface area contributed by atoms with Crippen LogP contribution in [0.3, 0.4) is 0 Å². The zero-order valence-corrected chi connectivity index (χ0v) is 12.5. The Hall–Kier alpha value is -1.88. The summed E-state index contributed by atoms with van der Waals surface area (Å²) in [5.41, 5.74) is 0.813. The van der Waals surface area contributed by atoms with Gasteiger partial charge in [-0.05, 0) is 19.4 Å². The molecule has 0 saturated carbocycles. The summed E-state index contributed by atoms with van der Waals surface area (Å²) in [6.07, 6.45) is 0.466. The Balaban J connectivity index is 2.09. The van der Waals surface area contributed by atoms with Crippen LogP contribution in [-0.2, 0) is 14.3 Å². The number of carbonyl (C=O) groups is 2. The summed E-state index contributed by atoms with van der Waals surface area (Å²) in [6, 6.07) is 8.74. The summed E-state index contributed by atoms with van der Waals surface area (Å²) >= 11 is 0. The molecular weight excluding hydrogens is 268 g/mol. The minimum atomic E-state index is -0.597. The van der Waals surface area contributed by atoms with E-state index in [4.69, 9.17) is 4.74 Å². The highest BCUT2D eigenvalue weighted by Gasteiger charge is 2.30. The Morgan fingerprint density at radius 1 is 1.29 bits per heavy atom. The molecule has 1 heterocycles. The maximum absolute atomic E-state index is 12.6. The van der Waals surface area contributed by atoms with Gasteiger partial charge in [0.15, 0.2) is 0 Å². The van der Waals surface area contributed by atoms with Gasteiger partial charge in [-0.1, -0.05) is 30.3 Å². The fourth-order valence-electron chi connectivity index (χ4n) is 2.32. The molecule has 0 spiro atoms. The zero-order valence-electron chi connectivity index (χ0n) is 12.5. The summed E-state index contributed by atoms with van der Waals surface area (Å²) in [5, 5.41) is 2.80. The highest BCUT2D eigenvalue weighted by Crippen LogP contribution is 2.18. The maximum atomic E-state index is 12.6. The first-order valence-corrected chi connectivity index (χ1v) is 7.32. The van der Waals surface area contributed by atoms with Crippen molar-refractivity contribution in [1.82, 2.24) is 10.2 Å². The molecule has 5 nitrogen and oxygen atoms in total. The van der Waals surface area contributed by atoms with Crippen LogP contribution in [0.2, 0.25) is 0 Å². The van der Waals surface area contributed by atoms with Gasteiger partial charge < -0.3 is 15.0 Å². The van der Waals surface area contributed by atoms with Crippen molar-refractivity contribution in [3.63, 3.8) is 0 Å². The predicted molar refractivity (Wildman–Crippen MR) is 79.6 cm³/mol. The first kappa shape index (κ1) is 15.5. The van der Waals surface area contributed by atoms with Gasteiger partial charge in [0, 0.05) is 19.5 Å². The van der Waals surface area contributed by atoms with E-state index in [2.05, 4.69) is 5.32 Å². The summed E-state index contributed by atoms with van der Waals surface area (Å²) in [5.74, 6) is -0.163. The Morgan fingerprint density at radius 3 is 2.67 bits per heavy atom. The molecule has 0 aliphatic carbocycles. The molecule has 2 rings (SSSR count). The van der Waals surface area contributed by atoms with E-state index in [0.29, 0.717) is 26.1 Å². The number of nitrogens with zero attached hydrogens (tertiary/aromatic N) is 1. The lowest BCUT2D eigenvalue weighted by Crippen LogP contribution is -2.40. The molecule has 1 atom stereocenters. The lowest BCUT2D eigenvalue weighted by molar-refractivity contribution is -0.134. The van der Waals surface area contributed by atoms with E-state index in [1.54, 1.807) is 4.90 Å². The number of ether oxygens (including phenoxy) is 1. The van der Waals surface area contributed by atoms with Crippen LogP contribution in [0.1, 0.15) is 31.9 Å². The molecule has 1 unspecified atom stereocenters. The second kappa shape index (κ2) is 7.22. The lowest BCUT2D eigenvalue weighted by Gasteiger charge is -2.24. The Labute approximate surface area is 125 Å². The summed E-state index contributed by atoms with van der Waals surface area (Å²) in [7, 11) is 0. The minimum absolute atomic E-state index is 0.0700. The normalized spacial score (nSPS) is 19.6. The van der Waals surface area contributed by atoms with Gasteiger partial charge in [0.25, 0.3) is 0 Å². The number of benzene rings is 1. The number of hydrogen-bond donors (Lipinski definition) is 1. The standard InChI is InChI=1S/C16H22N2O3/c1-12(2)21-11-10-18-9-8-14(19)17-15(16(18)20)13-6-4-3-5-7-13/h3-7,12,15H,8-11H2,1-2H3,(H,17,19). The molecule has 1 aromatic carbocycles. The summed E-state index contributed by atoms with van der Waals surface area (Å²) in [4.78, 5) is 26.1. The van der Waals surface area contributed by atoms with E-state index in [0.717, 1.165) is 5.56 Å². The van der Waals surface area contributed by atoms with Gasteiger partial charge in [-0.2, -0.15) is 0 Å². The van der Waals surface area contributed by atoms with Gasteiger partial charge in [-0.25, -0.2) is 0 Å². The molecule has 0 aromatic heterocycles. The zero-order chi connectivity index (χ0) is 15.2. The van der Waals surface area contributed by atoms with Crippen molar-refractivity contribution in [3.05, 3.63) is 35.9 Å². The summed E-state index contributed by atoms with van der Waals surface area (Å²) in [6.45, 7) is 5.36. The fourth-order valence-corrected chi connectivity index (χ4v) is 2.32. The van der Waals surface area contributed by atoms with Crippen molar-refractivity contribution in [1.29, 1.82) is 0 Å². The van der Waals surface area contributed by atoms with E-state index < -0.39 is 6.04 Å². The number of carbonyl (C=O) groups excluding carboxylic acids is 2. The van der Waals surface area contributed by atoms with Gasteiger partial charge in [-0.15, -0.1) is 0 Å². The average molecular weight is 290 g/mol. The monoisotopic (exact) mass is 290 g/mol. The molecule has 1 saturated heterocycles. The second-order valence-corrected chi connectivity index (χ2v) is 5.41.